The summed E-state index contributed by atoms with van der Waals surface area (Å²) in [4.78, 5) is 14.4. The maximum atomic E-state index is 12.3. The van der Waals surface area contributed by atoms with Crippen molar-refractivity contribution < 1.29 is 4.79 Å². The van der Waals surface area contributed by atoms with Gasteiger partial charge in [0.2, 0.25) is 5.91 Å². The van der Waals surface area contributed by atoms with E-state index in [2.05, 4.69) is 11.0 Å². The Labute approximate surface area is 114 Å². The minimum Gasteiger partial charge on any atom is -0.327 e. The Balaban J connectivity index is 1.88. The highest BCUT2D eigenvalue weighted by molar-refractivity contribution is 7.99. The van der Waals surface area contributed by atoms with Crippen LogP contribution in [0.4, 0.5) is 0 Å². The highest BCUT2D eigenvalue weighted by atomic mass is 32.2. The molecular weight excluding hydrogens is 244 g/mol. The molecule has 0 aromatic carbocycles. The van der Waals surface area contributed by atoms with Gasteiger partial charge in [-0.1, -0.05) is 6.08 Å². The second-order valence-corrected chi connectivity index (χ2v) is 6.46. The molecule has 1 atom stereocenters. The lowest BCUT2D eigenvalue weighted by atomic mass is 10.0. The topological polar surface area (TPSA) is 46.3 Å². The van der Waals surface area contributed by atoms with Crippen LogP contribution in [-0.2, 0) is 4.79 Å². The van der Waals surface area contributed by atoms with Crippen molar-refractivity contribution in [1.29, 1.82) is 0 Å². The monoisotopic (exact) mass is 268 g/mol. The summed E-state index contributed by atoms with van der Waals surface area (Å²) >= 11 is 1.66. The van der Waals surface area contributed by atoms with Crippen LogP contribution in [0.3, 0.4) is 0 Å². The summed E-state index contributed by atoms with van der Waals surface area (Å²) in [6.07, 6.45) is 9.36. The highest BCUT2D eigenvalue weighted by Gasteiger charge is 2.34. The van der Waals surface area contributed by atoms with Crippen LogP contribution >= 0.6 is 11.8 Å². The Morgan fingerprint density at radius 3 is 2.89 bits per heavy atom. The SMILES string of the molecule is CC(N)CSCC(=O)N(C1=CCCCC1)C1CC1. The molecule has 0 heterocycles. The third kappa shape index (κ3) is 4.02. The molecule has 0 aromatic rings. The number of hydrogen-bond donors (Lipinski definition) is 1. The van der Waals surface area contributed by atoms with Gasteiger partial charge in [-0.05, 0) is 45.4 Å². The van der Waals surface area contributed by atoms with Crippen molar-refractivity contribution in [3.8, 4) is 0 Å². The molecule has 0 saturated heterocycles. The fourth-order valence-corrected chi connectivity index (χ4v) is 3.18. The first-order valence-corrected chi connectivity index (χ1v) is 8.18. The Morgan fingerprint density at radius 2 is 2.33 bits per heavy atom. The van der Waals surface area contributed by atoms with E-state index in [1.165, 1.54) is 31.4 Å². The smallest absolute Gasteiger partial charge is 0.236 e. The Morgan fingerprint density at radius 1 is 1.56 bits per heavy atom. The largest absolute Gasteiger partial charge is 0.327 e. The van der Waals surface area contributed by atoms with Gasteiger partial charge >= 0.3 is 0 Å². The fourth-order valence-electron chi connectivity index (χ4n) is 2.37. The molecule has 1 fully saturated rings. The lowest BCUT2D eigenvalue weighted by Crippen LogP contribution is -2.34. The Kier molecular flexibility index (Phi) is 5.13. The van der Waals surface area contributed by atoms with Crippen molar-refractivity contribution in [3.63, 3.8) is 0 Å². The van der Waals surface area contributed by atoms with Crippen LogP contribution in [0.2, 0.25) is 0 Å². The molecular formula is C14H24N2OS. The van der Waals surface area contributed by atoms with Crippen LogP contribution in [0.15, 0.2) is 11.8 Å². The molecule has 4 heteroatoms. The summed E-state index contributed by atoms with van der Waals surface area (Å²) < 4.78 is 0. The van der Waals surface area contributed by atoms with Crippen molar-refractivity contribution in [2.24, 2.45) is 5.73 Å². The molecule has 102 valence electrons. The third-order valence-corrected chi connectivity index (χ3v) is 4.58. The Bertz CT molecular complexity index is 324. The molecule has 2 aliphatic rings. The second kappa shape index (κ2) is 6.62. The number of carbonyl (C=O) groups is 1. The Hall–Kier alpha value is -0.480. The molecule has 3 nitrogen and oxygen atoms in total. The van der Waals surface area contributed by atoms with Crippen molar-refractivity contribution >= 4 is 17.7 Å². The van der Waals surface area contributed by atoms with Gasteiger partial charge in [-0.25, -0.2) is 0 Å². The number of nitrogens with zero attached hydrogens (tertiary/aromatic N) is 1. The second-order valence-electron chi connectivity index (χ2n) is 5.43. The number of nitrogens with two attached hydrogens (primary N) is 1. The van der Waals surface area contributed by atoms with Crippen molar-refractivity contribution in [1.82, 2.24) is 4.90 Å². The van der Waals surface area contributed by atoms with Gasteiger partial charge in [-0.15, -0.1) is 0 Å². The van der Waals surface area contributed by atoms with E-state index in [0.717, 1.165) is 18.6 Å². The maximum Gasteiger partial charge on any atom is 0.236 e. The average molecular weight is 268 g/mol. The van der Waals surface area contributed by atoms with E-state index in [1.54, 1.807) is 11.8 Å². The number of hydrogen-bond acceptors (Lipinski definition) is 3. The number of carbonyl (C=O) groups excluding carboxylic acids is 1. The van der Waals surface area contributed by atoms with Gasteiger partial charge in [0.15, 0.2) is 0 Å². The van der Waals surface area contributed by atoms with Crippen LogP contribution in [0, 0.1) is 0 Å². The van der Waals surface area contributed by atoms with Gasteiger partial charge in [0.25, 0.3) is 0 Å². The molecule has 2 aliphatic carbocycles. The highest BCUT2D eigenvalue weighted by Crippen LogP contribution is 2.34. The summed E-state index contributed by atoms with van der Waals surface area (Å²) in [5.41, 5.74) is 7.00. The number of rotatable bonds is 6. The van der Waals surface area contributed by atoms with Gasteiger partial charge in [0, 0.05) is 23.5 Å². The predicted molar refractivity (Wildman–Crippen MR) is 77.4 cm³/mol. The molecule has 2 N–H and O–H groups in total. The van der Waals surface area contributed by atoms with Gasteiger partial charge in [0.05, 0.1) is 5.75 Å². The molecule has 0 aliphatic heterocycles. The molecule has 0 radical (unpaired) electrons. The van der Waals surface area contributed by atoms with Gasteiger partial charge in [-0.3, -0.25) is 4.79 Å². The molecule has 0 spiro atoms. The number of amides is 1. The van der Waals surface area contributed by atoms with E-state index < -0.39 is 0 Å². The maximum absolute atomic E-state index is 12.3. The van der Waals surface area contributed by atoms with Crippen LogP contribution in [0.1, 0.15) is 45.4 Å². The minimum absolute atomic E-state index is 0.172. The van der Waals surface area contributed by atoms with Crippen LogP contribution in [0.5, 0.6) is 0 Å². The lowest BCUT2D eigenvalue weighted by Gasteiger charge is -2.27. The third-order valence-electron chi connectivity index (χ3n) is 3.36. The minimum atomic E-state index is 0.172. The van der Waals surface area contributed by atoms with Gasteiger partial charge in [0.1, 0.15) is 0 Å². The van der Waals surface area contributed by atoms with Gasteiger partial charge in [-0.2, -0.15) is 11.8 Å². The predicted octanol–water partition coefficient (Wildman–Crippen LogP) is 2.52. The van der Waals surface area contributed by atoms with E-state index in [0.29, 0.717) is 11.8 Å². The zero-order chi connectivity index (χ0) is 13.0. The molecule has 0 aromatic heterocycles. The molecule has 1 saturated carbocycles. The summed E-state index contributed by atoms with van der Waals surface area (Å²) in [5.74, 6) is 1.73. The van der Waals surface area contributed by atoms with Crippen molar-refractivity contribution in [2.45, 2.75) is 57.5 Å². The summed E-state index contributed by atoms with van der Waals surface area (Å²) in [6.45, 7) is 1.99. The van der Waals surface area contributed by atoms with Crippen molar-refractivity contribution in [2.75, 3.05) is 11.5 Å². The van der Waals surface area contributed by atoms with E-state index >= 15 is 0 Å². The number of thioether (sulfide) groups is 1. The van der Waals surface area contributed by atoms with Gasteiger partial charge < -0.3 is 10.6 Å². The first-order valence-electron chi connectivity index (χ1n) is 7.03. The summed E-state index contributed by atoms with van der Waals surface area (Å²) in [7, 11) is 0. The van der Waals surface area contributed by atoms with Crippen LogP contribution < -0.4 is 5.73 Å². The van der Waals surface area contributed by atoms with E-state index in [9.17, 15) is 4.79 Å². The lowest BCUT2D eigenvalue weighted by molar-refractivity contribution is -0.127. The summed E-state index contributed by atoms with van der Waals surface area (Å²) in [6, 6.07) is 0.670. The standard InChI is InChI=1S/C14H24N2OS/c1-11(15)9-18-10-14(17)16(13-7-8-13)12-5-3-2-4-6-12/h5,11,13H,2-4,6-10,15H2,1H3. The quantitative estimate of drug-likeness (QED) is 0.805. The average Bonchev–Trinajstić information content (AvgIpc) is 3.15. The van der Waals surface area contributed by atoms with E-state index in [-0.39, 0.29) is 11.9 Å². The zero-order valence-corrected chi connectivity index (χ0v) is 12.0. The first kappa shape index (κ1) is 13.9. The zero-order valence-electron chi connectivity index (χ0n) is 11.2. The van der Waals surface area contributed by atoms with E-state index in [1.807, 2.05) is 6.92 Å². The normalized spacial score (nSPS) is 21.3. The number of allylic oxidation sites excluding steroid dienone is 2. The molecule has 18 heavy (non-hydrogen) atoms. The fraction of sp³-hybridized carbons (Fsp3) is 0.786. The molecule has 1 unspecified atom stereocenters. The molecule has 0 bridgehead atoms. The van der Waals surface area contributed by atoms with Crippen LogP contribution in [-0.4, -0.2) is 34.4 Å². The van der Waals surface area contributed by atoms with E-state index in [4.69, 9.17) is 5.73 Å². The van der Waals surface area contributed by atoms with Crippen LogP contribution in [0.25, 0.3) is 0 Å². The molecule has 2 rings (SSSR count). The van der Waals surface area contributed by atoms with Crippen molar-refractivity contribution in [3.05, 3.63) is 11.8 Å². The molecule has 1 amide bonds. The first-order chi connectivity index (χ1) is 8.68. The summed E-state index contributed by atoms with van der Waals surface area (Å²) in [5, 5.41) is 0.